The van der Waals surface area contributed by atoms with Crippen molar-refractivity contribution in [2.75, 3.05) is 0 Å². The van der Waals surface area contributed by atoms with Crippen LogP contribution in [-0.2, 0) is 10.8 Å². The molecule has 4 heteroatoms. The van der Waals surface area contributed by atoms with Crippen molar-refractivity contribution in [3.63, 3.8) is 0 Å². The molecular formula is C14H19IO2S. The quantitative estimate of drug-likeness (QED) is 0.790. The highest BCUT2D eigenvalue weighted by Gasteiger charge is 2.25. The molecule has 0 fully saturated rings. The Balaban J connectivity index is 2.86. The molecule has 1 aromatic rings. The molecule has 0 amide bonds. The number of rotatable bonds is 5. The van der Waals surface area contributed by atoms with Gasteiger partial charge in [0.15, 0.2) is 0 Å². The SMILES string of the molecule is CC(C)CC(C)(O)/C(I)=C\S(=O)c1ccccc1. The van der Waals surface area contributed by atoms with Crippen LogP contribution < -0.4 is 0 Å². The summed E-state index contributed by atoms with van der Waals surface area (Å²) >= 11 is 2.08. The van der Waals surface area contributed by atoms with Gasteiger partial charge in [-0.1, -0.05) is 32.0 Å². The molecule has 0 spiro atoms. The van der Waals surface area contributed by atoms with E-state index >= 15 is 0 Å². The summed E-state index contributed by atoms with van der Waals surface area (Å²) in [5.74, 6) is 0.392. The zero-order chi connectivity index (χ0) is 13.8. The van der Waals surface area contributed by atoms with Crippen LogP contribution in [-0.4, -0.2) is 14.9 Å². The van der Waals surface area contributed by atoms with E-state index in [0.717, 1.165) is 8.48 Å². The molecule has 0 aromatic heterocycles. The van der Waals surface area contributed by atoms with Crippen LogP contribution in [0.1, 0.15) is 27.2 Å². The molecule has 0 saturated carbocycles. The van der Waals surface area contributed by atoms with Gasteiger partial charge in [0.05, 0.1) is 16.4 Å². The van der Waals surface area contributed by atoms with Crippen molar-refractivity contribution in [2.24, 2.45) is 5.92 Å². The maximum atomic E-state index is 12.1. The van der Waals surface area contributed by atoms with Gasteiger partial charge >= 0.3 is 0 Å². The van der Waals surface area contributed by atoms with Gasteiger partial charge in [-0.25, -0.2) is 4.21 Å². The first-order valence-electron chi connectivity index (χ1n) is 5.88. The summed E-state index contributed by atoms with van der Waals surface area (Å²) in [6.07, 6.45) is 0.660. The summed E-state index contributed by atoms with van der Waals surface area (Å²) < 4.78 is 12.8. The molecule has 100 valence electrons. The van der Waals surface area contributed by atoms with E-state index in [2.05, 4.69) is 36.4 Å². The monoisotopic (exact) mass is 378 g/mol. The zero-order valence-corrected chi connectivity index (χ0v) is 13.9. The van der Waals surface area contributed by atoms with Crippen molar-refractivity contribution in [1.82, 2.24) is 0 Å². The molecule has 1 rings (SSSR count). The summed E-state index contributed by atoms with van der Waals surface area (Å²) in [7, 11) is -1.20. The molecule has 0 heterocycles. The molecule has 1 aromatic carbocycles. The number of hydrogen-bond acceptors (Lipinski definition) is 2. The van der Waals surface area contributed by atoms with Crippen LogP contribution in [0.3, 0.4) is 0 Å². The average Bonchev–Trinajstić information content (AvgIpc) is 2.28. The highest BCUT2D eigenvalue weighted by atomic mass is 127. The fourth-order valence-corrected chi connectivity index (χ4v) is 3.65. The second-order valence-electron chi connectivity index (χ2n) is 4.95. The molecule has 0 bridgehead atoms. The Morgan fingerprint density at radius 2 is 2.00 bits per heavy atom. The Bertz CT molecular complexity index is 438. The Morgan fingerprint density at radius 1 is 1.44 bits per heavy atom. The predicted molar refractivity (Wildman–Crippen MR) is 85.0 cm³/mol. The van der Waals surface area contributed by atoms with E-state index in [1.807, 2.05) is 30.3 Å². The minimum atomic E-state index is -1.20. The molecule has 0 aliphatic carbocycles. The maximum Gasteiger partial charge on any atom is 0.0933 e. The highest BCUT2D eigenvalue weighted by Crippen LogP contribution is 2.30. The zero-order valence-electron chi connectivity index (χ0n) is 10.9. The molecular weight excluding hydrogens is 359 g/mol. The van der Waals surface area contributed by atoms with E-state index in [-0.39, 0.29) is 0 Å². The first-order chi connectivity index (χ1) is 8.33. The summed E-state index contributed by atoms with van der Waals surface area (Å²) in [5, 5.41) is 12.0. The minimum absolute atomic E-state index is 0.392. The Labute approximate surface area is 125 Å². The molecule has 18 heavy (non-hydrogen) atoms. The molecule has 1 N–H and O–H groups in total. The van der Waals surface area contributed by atoms with Gasteiger partial charge in [0.25, 0.3) is 0 Å². The summed E-state index contributed by atoms with van der Waals surface area (Å²) in [6, 6.07) is 9.27. The molecule has 2 atom stereocenters. The Kier molecular flexibility index (Phi) is 6.01. The van der Waals surface area contributed by atoms with Gasteiger partial charge in [-0.15, -0.1) is 0 Å². The standard InChI is InChI=1S/C14H19IO2S/c1-11(2)9-14(3,16)13(15)10-18(17)12-7-5-4-6-8-12/h4-8,10-11,16H,9H2,1-3H3/b13-10+. The lowest BCUT2D eigenvalue weighted by molar-refractivity contribution is 0.0859. The van der Waals surface area contributed by atoms with Gasteiger partial charge in [-0.05, 0) is 54.0 Å². The van der Waals surface area contributed by atoms with Crippen LogP contribution >= 0.6 is 22.6 Å². The summed E-state index contributed by atoms with van der Waals surface area (Å²) in [5.41, 5.74) is -0.904. The van der Waals surface area contributed by atoms with Crippen molar-refractivity contribution in [3.8, 4) is 0 Å². The lowest BCUT2D eigenvalue weighted by Crippen LogP contribution is -2.26. The number of halogens is 1. The van der Waals surface area contributed by atoms with E-state index < -0.39 is 16.4 Å². The molecule has 2 nitrogen and oxygen atoms in total. The van der Waals surface area contributed by atoms with Gasteiger partial charge in [0.1, 0.15) is 0 Å². The van der Waals surface area contributed by atoms with Crippen molar-refractivity contribution in [1.29, 1.82) is 0 Å². The van der Waals surface area contributed by atoms with Gasteiger partial charge < -0.3 is 5.11 Å². The predicted octanol–water partition coefficient (Wildman–Crippen LogP) is 3.87. The normalized spacial score (nSPS) is 17.6. The van der Waals surface area contributed by atoms with Gasteiger partial charge in [-0.2, -0.15) is 0 Å². The second kappa shape index (κ2) is 6.82. The fourth-order valence-electron chi connectivity index (χ4n) is 1.74. The van der Waals surface area contributed by atoms with Crippen molar-refractivity contribution >= 4 is 33.4 Å². The molecule has 0 saturated heterocycles. The summed E-state index contributed by atoms with van der Waals surface area (Å²) in [4.78, 5) is 0.756. The third-order valence-corrected chi connectivity index (χ3v) is 5.59. The van der Waals surface area contributed by atoms with Crippen molar-refractivity contribution in [3.05, 3.63) is 39.3 Å². The Morgan fingerprint density at radius 3 is 2.50 bits per heavy atom. The molecule has 0 aliphatic heterocycles. The topological polar surface area (TPSA) is 37.3 Å². The van der Waals surface area contributed by atoms with Crippen LogP contribution in [0.2, 0.25) is 0 Å². The maximum absolute atomic E-state index is 12.1. The lowest BCUT2D eigenvalue weighted by atomic mass is 9.95. The van der Waals surface area contributed by atoms with Crippen LogP contribution in [0, 0.1) is 5.92 Å². The van der Waals surface area contributed by atoms with E-state index in [9.17, 15) is 9.32 Å². The molecule has 0 radical (unpaired) electrons. The van der Waals surface area contributed by atoms with Crippen LogP contribution in [0.5, 0.6) is 0 Å². The lowest BCUT2D eigenvalue weighted by Gasteiger charge is -2.25. The van der Waals surface area contributed by atoms with Gasteiger partial charge in [0.2, 0.25) is 0 Å². The smallest absolute Gasteiger partial charge is 0.0933 e. The Hall–Kier alpha value is -0.200. The van der Waals surface area contributed by atoms with Crippen LogP contribution in [0.25, 0.3) is 0 Å². The van der Waals surface area contributed by atoms with Crippen molar-refractivity contribution < 1.29 is 9.32 Å². The van der Waals surface area contributed by atoms with E-state index in [1.54, 1.807) is 12.3 Å². The number of aliphatic hydroxyl groups is 1. The first kappa shape index (κ1) is 15.9. The average molecular weight is 378 g/mol. The molecule has 0 aliphatic rings. The van der Waals surface area contributed by atoms with E-state index in [4.69, 9.17) is 0 Å². The summed E-state index contributed by atoms with van der Waals surface area (Å²) in [6.45, 7) is 5.90. The molecule has 2 unspecified atom stereocenters. The van der Waals surface area contributed by atoms with Crippen LogP contribution in [0.15, 0.2) is 44.2 Å². The van der Waals surface area contributed by atoms with Crippen molar-refractivity contribution in [2.45, 2.75) is 37.7 Å². The third kappa shape index (κ3) is 4.82. The number of hydrogen-bond donors (Lipinski definition) is 1. The van der Waals surface area contributed by atoms with E-state index in [0.29, 0.717) is 12.3 Å². The largest absolute Gasteiger partial charge is 0.385 e. The number of benzene rings is 1. The third-order valence-electron chi connectivity index (χ3n) is 2.51. The fraction of sp³-hybridized carbons (Fsp3) is 0.429. The highest BCUT2D eigenvalue weighted by molar-refractivity contribution is 14.1. The van der Waals surface area contributed by atoms with Gasteiger partial charge in [-0.3, -0.25) is 0 Å². The first-order valence-corrected chi connectivity index (χ1v) is 8.18. The van der Waals surface area contributed by atoms with Gasteiger partial charge in [0, 0.05) is 13.9 Å². The van der Waals surface area contributed by atoms with E-state index in [1.165, 1.54) is 0 Å². The minimum Gasteiger partial charge on any atom is -0.385 e. The second-order valence-corrected chi connectivity index (χ2v) is 7.41. The van der Waals surface area contributed by atoms with Crippen LogP contribution in [0.4, 0.5) is 0 Å².